The number of benzene rings is 2. The Balaban J connectivity index is 2.24. The average Bonchev–Trinajstić information content (AvgIpc) is 2.99. The molecule has 2 aromatic rings. The molecule has 0 aliphatic carbocycles. The predicted molar refractivity (Wildman–Crippen MR) is 89.8 cm³/mol. The second-order valence-electron chi connectivity index (χ2n) is 5.41. The quantitative estimate of drug-likeness (QED) is 0.910. The van der Waals surface area contributed by atoms with E-state index in [0.29, 0.717) is 23.7 Å². The molecule has 0 bridgehead atoms. The van der Waals surface area contributed by atoms with Gasteiger partial charge >= 0.3 is 5.97 Å². The number of carboxylic acid groups (broad SMARTS) is 1. The highest BCUT2D eigenvalue weighted by atomic mass is 16.5. The van der Waals surface area contributed by atoms with Crippen molar-refractivity contribution in [1.82, 2.24) is 0 Å². The smallest absolute Gasteiger partial charge is 0.327 e. The number of hydrogen-bond donors (Lipinski definition) is 1. The first-order valence-electron chi connectivity index (χ1n) is 7.51. The van der Waals surface area contributed by atoms with E-state index >= 15 is 0 Å². The maximum atomic E-state index is 11.8. The van der Waals surface area contributed by atoms with Crippen LogP contribution in [-0.2, 0) is 11.2 Å². The van der Waals surface area contributed by atoms with E-state index in [9.17, 15) is 9.90 Å². The summed E-state index contributed by atoms with van der Waals surface area (Å²) in [5.41, 5.74) is 2.35. The minimum atomic E-state index is -0.893. The fourth-order valence-corrected chi connectivity index (χ4v) is 3.17. The van der Waals surface area contributed by atoms with Crippen molar-refractivity contribution in [2.45, 2.75) is 12.5 Å². The molecule has 0 aromatic heterocycles. The summed E-state index contributed by atoms with van der Waals surface area (Å²) >= 11 is 0. The third-order valence-corrected chi connectivity index (χ3v) is 4.20. The summed E-state index contributed by atoms with van der Waals surface area (Å²) in [6, 6.07) is 10.5. The second-order valence-corrected chi connectivity index (χ2v) is 5.41. The van der Waals surface area contributed by atoms with Crippen LogP contribution in [0.1, 0.15) is 5.56 Å². The Hall–Kier alpha value is -2.89. The minimum absolute atomic E-state index is 0.323. The van der Waals surface area contributed by atoms with Crippen molar-refractivity contribution in [2.24, 2.45) is 0 Å². The second kappa shape index (κ2) is 6.31. The van der Waals surface area contributed by atoms with Gasteiger partial charge < -0.3 is 24.2 Å². The van der Waals surface area contributed by atoms with Gasteiger partial charge in [-0.25, -0.2) is 4.79 Å². The highest BCUT2D eigenvalue weighted by Gasteiger charge is 2.39. The molecule has 2 aromatic carbocycles. The Morgan fingerprint density at radius 1 is 1.08 bits per heavy atom. The molecule has 1 atom stereocenters. The fraction of sp³-hybridized carbons (Fsp3) is 0.278. The monoisotopic (exact) mass is 329 g/mol. The van der Waals surface area contributed by atoms with E-state index < -0.39 is 12.0 Å². The van der Waals surface area contributed by atoms with Crippen LogP contribution in [0.4, 0.5) is 11.4 Å². The van der Waals surface area contributed by atoms with Gasteiger partial charge in [0.15, 0.2) is 11.5 Å². The molecule has 0 spiro atoms. The number of methoxy groups -OCH3 is 3. The average molecular weight is 329 g/mol. The molecule has 0 saturated carbocycles. The first-order chi connectivity index (χ1) is 11.6. The Morgan fingerprint density at radius 2 is 1.75 bits per heavy atom. The summed E-state index contributed by atoms with van der Waals surface area (Å²) in [6.07, 6.45) is 0.323. The number of hydrogen-bond acceptors (Lipinski definition) is 5. The number of aliphatic carboxylic acids is 1. The molecule has 1 unspecified atom stereocenters. The molecule has 0 saturated heterocycles. The fourth-order valence-electron chi connectivity index (χ4n) is 3.17. The topological polar surface area (TPSA) is 68.2 Å². The number of nitrogens with zero attached hydrogens (tertiary/aromatic N) is 1. The van der Waals surface area contributed by atoms with Gasteiger partial charge in [0, 0.05) is 23.7 Å². The van der Waals surface area contributed by atoms with E-state index in [2.05, 4.69) is 0 Å². The predicted octanol–water partition coefficient (Wildman–Crippen LogP) is 2.86. The lowest BCUT2D eigenvalue weighted by Crippen LogP contribution is -2.35. The van der Waals surface area contributed by atoms with Gasteiger partial charge in [-0.1, -0.05) is 18.2 Å². The SMILES string of the molecule is COc1cc2c(c(OC)c1OC)CC(C(=O)O)N2c1ccccc1. The summed E-state index contributed by atoms with van der Waals surface area (Å²) in [5, 5.41) is 9.69. The van der Waals surface area contributed by atoms with Crippen LogP contribution in [0.5, 0.6) is 17.2 Å². The number of carboxylic acids is 1. The van der Waals surface area contributed by atoms with Gasteiger partial charge in [0.1, 0.15) is 6.04 Å². The number of ether oxygens (including phenoxy) is 3. The lowest BCUT2D eigenvalue weighted by atomic mass is 10.1. The number of para-hydroxylation sites is 1. The highest BCUT2D eigenvalue weighted by molar-refractivity contribution is 5.89. The Bertz CT molecular complexity index is 760. The van der Waals surface area contributed by atoms with Crippen LogP contribution >= 0.6 is 0 Å². The van der Waals surface area contributed by atoms with Crippen molar-refractivity contribution < 1.29 is 24.1 Å². The third kappa shape index (κ3) is 2.40. The summed E-state index contributed by atoms with van der Waals surface area (Å²) in [7, 11) is 4.62. The standard InChI is InChI=1S/C18H19NO5/c1-22-15-10-13-12(16(23-2)17(15)24-3)9-14(18(20)21)19(13)11-7-5-4-6-8-11/h4-8,10,14H,9H2,1-3H3,(H,20,21). The van der Waals surface area contributed by atoms with Crippen LogP contribution in [-0.4, -0.2) is 38.4 Å². The number of anilines is 2. The molecular weight excluding hydrogens is 310 g/mol. The van der Waals surface area contributed by atoms with Crippen LogP contribution < -0.4 is 19.1 Å². The summed E-state index contributed by atoms with van der Waals surface area (Å²) < 4.78 is 16.3. The van der Waals surface area contributed by atoms with Gasteiger partial charge in [0.25, 0.3) is 0 Å². The van der Waals surface area contributed by atoms with E-state index in [-0.39, 0.29) is 0 Å². The van der Waals surface area contributed by atoms with Crippen molar-refractivity contribution in [2.75, 3.05) is 26.2 Å². The van der Waals surface area contributed by atoms with Crippen LogP contribution in [0.15, 0.2) is 36.4 Å². The van der Waals surface area contributed by atoms with Gasteiger partial charge in [0.2, 0.25) is 5.75 Å². The normalized spacial score (nSPS) is 15.8. The number of carbonyl (C=O) groups is 1. The van der Waals surface area contributed by atoms with Crippen molar-refractivity contribution in [3.8, 4) is 17.2 Å². The molecular formula is C18H19NO5. The lowest BCUT2D eigenvalue weighted by Gasteiger charge is -2.25. The van der Waals surface area contributed by atoms with Gasteiger partial charge in [-0.3, -0.25) is 0 Å². The zero-order valence-corrected chi connectivity index (χ0v) is 13.8. The molecule has 1 heterocycles. The largest absolute Gasteiger partial charge is 0.493 e. The Morgan fingerprint density at radius 3 is 2.29 bits per heavy atom. The molecule has 126 valence electrons. The summed E-state index contributed by atoms with van der Waals surface area (Å²) in [4.78, 5) is 13.6. The van der Waals surface area contributed by atoms with Crippen LogP contribution in [0.25, 0.3) is 0 Å². The van der Waals surface area contributed by atoms with E-state index in [1.165, 1.54) is 7.11 Å². The van der Waals surface area contributed by atoms with Gasteiger partial charge in [0.05, 0.1) is 27.0 Å². The van der Waals surface area contributed by atoms with Crippen molar-refractivity contribution >= 4 is 17.3 Å². The van der Waals surface area contributed by atoms with E-state index in [4.69, 9.17) is 14.2 Å². The van der Waals surface area contributed by atoms with E-state index in [1.54, 1.807) is 25.2 Å². The van der Waals surface area contributed by atoms with E-state index in [1.807, 2.05) is 30.3 Å². The number of rotatable bonds is 5. The van der Waals surface area contributed by atoms with Crippen LogP contribution in [0.3, 0.4) is 0 Å². The Labute approximate surface area is 140 Å². The van der Waals surface area contributed by atoms with Crippen LogP contribution in [0, 0.1) is 0 Å². The molecule has 6 heteroatoms. The van der Waals surface area contributed by atoms with Gasteiger partial charge in [-0.05, 0) is 12.1 Å². The molecule has 1 N–H and O–H groups in total. The minimum Gasteiger partial charge on any atom is -0.493 e. The molecule has 6 nitrogen and oxygen atoms in total. The first kappa shape index (κ1) is 16.0. The van der Waals surface area contributed by atoms with Crippen LogP contribution in [0.2, 0.25) is 0 Å². The maximum Gasteiger partial charge on any atom is 0.327 e. The summed E-state index contributed by atoms with van der Waals surface area (Å²) in [6.45, 7) is 0. The molecule has 0 radical (unpaired) electrons. The molecule has 0 fully saturated rings. The number of fused-ring (bicyclic) bond motifs is 1. The maximum absolute atomic E-state index is 11.8. The van der Waals surface area contributed by atoms with Crippen molar-refractivity contribution in [3.63, 3.8) is 0 Å². The first-order valence-corrected chi connectivity index (χ1v) is 7.51. The summed E-state index contributed by atoms with van der Waals surface area (Å²) in [5.74, 6) is 0.587. The zero-order valence-electron chi connectivity index (χ0n) is 13.8. The van der Waals surface area contributed by atoms with Crippen molar-refractivity contribution in [1.29, 1.82) is 0 Å². The van der Waals surface area contributed by atoms with Crippen molar-refractivity contribution in [3.05, 3.63) is 42.0 Å². The lowest BCUT2D eigenvalue weighted by molar-refractivity contribution is -0.138. The van der Waals surface area contributed by atoms with E-state index in [0.717, 1.165) is 16.9 Å². The molecule has 1 aliphatic rings. The third-order valence-electron chi connectivity index (χ3n) is 4.20. The van der Waals surface area contributed by atoms with Gasteiger partial charge in [-0.15, -0.1) is 0 Å². The Kier molecular flexibility index (Phi) is 4.20. The highest BCUT2D eigenvalue weighted by Crippen LogP contribution is 2.51. The molecule has 1 aliphatic heterocycles. The zero-order chi connectivity index (χ0) is 17.3. The molecule has 3 rings (SSSR count). The molecule has 24 heavy (non-hydrogen) atoms. The van der Waals surface area contributed by atoms with Gasteiger partial charge in [-0.2, -0.15) is 0 Å². The molecule has 0 amide bonds.